The number of hydrogen-bond donors (Lipinski definition) is 2. The van der Waals surface area contributed by atoms with Gasteiger partial charge in [-0.2, -0.15) is 5.01 Å². The largest absolute Gasteiger partial charge is 0.464 e. The maximum atomic E-state index is 14.3. The van der Waals surface area contributed by atoms with Crippen LogP contribution in [0.25, 0.3) is 21.2 Å². The fourth-order valence-corrected chi connectivity index (χ4v) is 7.32. The maximum Gasteiger partial charge on any atom is 0.332 e. The number of anilines is 1. The molecule has 4 heterocycles. The number of nitrogens with one attached hydrogen (secondary N) is 1. The van der Waals surface area contributed by atoms with Crippen LogP contribution in [0.15, 0.2) is 83.5 Å². The number of thiazole rings is 1. The number of benzene rings is 3. The third-order valence-electron chi connectivity index (χ3n) is 8.66. The van der Waals surface area contributed by atoms with Crippen LogP contribution in [0.3, 0.4) is 0 Å². The zero-order valence-electron chi connectivity index (χ0n) is 25.5. The van der Waals surface area contributed by atoms with E-state index in [1.54, 1.807) is 21.1 Å². The Morgan fingerprint density at radius 1 is 1.09 bits per heavy atom. The van der Waals surface area contributed by atoms with Crippen molar-refractivity contribution < 1.29 is 18.8 Å². The summed E-state index contributed by atoms with van der Waals surface area (Å²) >= 11 is 1.41. The molecule has 2 fully saturated rings. The molecule has 2 atom stereocenters. The maximum absolute atomic E-state index is 14.3. The number of carbonyl (C=O) groups excluding carboxylic acids is 3. The van der Waals surface area contributed by atoms with Crippen molar-refractivity contribution in [2.45, 2.75) is 45.1 Å². The monoisotopic (exact) mass is 637 g/mol. The van der Waals surface area contributed by atoms with Crippen LogP contribution >= 0.6 is 11.3 Å². The van der Waals surface area contributed by atoms with Crippen LogP contribution < -0.4 is 11.1 Å². The minimum Gasteiger partial charge on any atom is -0.464 e. The van der Waals surface area contributed by atoms with Crippen molar-refractivity contribution in [3.8, 4) is 0 Å². The SMILES string of the molecule is CCCN(C(=O)NCc1ccccc1)N1CC(=O)N2[C@@H](Cc3ccc4occc4c3)C(=O)N(Cc3cccc4sc(N)nc34)C[C@@H]21. The van der Waals surface area contributed by atoms with E-state index in [1.807, 2.05) is 84.7 Å². The van der Waals surface area contributed by atoms with Gasteiger partial charge in [0.2, 0.25) is 11.8 Å². The first-order chi connectivity index (χ1) is 22.4. The molecule has 4 amide bonds. The van der Waals surface area contributed by atoms with Gasteiger partial charge in [0.1, 0.15) is 17.8 Å². The first-order valence-corrected chi connectivity index (χ1v) is 16.3. The Kier molecular flexibility index (Phi) is 8.05. The molecule has 0 saturated carbocycles. The van der Waals surface area contributed by atoms with Crippen LogP contribution in [-0.4, -0.2) is 74.5 Å². The number of furan rings is 1. The molecule has 236 valence electrons. The number of piperazine rings is 1. The Morgan fingerprint density at radius 2 is 1.93 bits per heavy atom. The second-order valence-electron chi connectivity index (χ2n) is 11.7. The van der Waals surface area contributed by atoms with E-state index in [4.69, 9.17) is 10.2 Å². The first kappa shape index (κ1) is 29.8. The zero-order valence-corrected chi connectivity index (χ0v) is 26.3. The van der Waals surface area contributed by atoms with Crippen LogP contribution in [0.2, 0.25) is 0 Å². The molecule has 0 radical (unpaired) electrons. The van der Waals surface area contributed by atoms with E-state index in [1.165, 1.54) is 11.3 Å². The number of nitrogen functional groups attached to an aromatic ring is 1. The van der Waals surface area contributed by atoms with E-state index in [0.717, 1.165) is 37.9 Å². The van der Waals surface area contributed by atoms with Gasteiger partial charge in [0.05, 0.1) is 29.6 Å². The van der Waals surface area contributed by atoms with Gasteiger partial charge in [-0.05, 0) is 47.4 Å². The Labute approximate surface area is 270 Å². The van der Waals surface area contributed by atoms with Crippen LogP contribution in [0.4, 0.5) is 9.93 Å². The van der Waals surface area contributed by atoms with E-state index in [0.29, 0.717) is 37.6 Å². The van der Waals surface area contributed by atoms with Gasteiger partial charge < -0.3 is 25.3 Å². The molecule has 3 N–H and O–H groups in total. The van der Waals surface area contributed by atoms with Crippen molar-refractivity contribution in [1.29, 1.82) is 0 Å². The number of nitrogens with zero attached hydrogens (tertiary/aromatic N) is 5. The first-order valence-electron chi connectivity index (χ1n) is 15.5. The number of urea groups is 1. The summed E-state index contributed by atoms with van der Waals surface area (Å²) in [6.45, 7) is 3.33. The number of aromatic nitrogens is 1. The lowest BCUT2D eigenvalue weighted by molar-refractivity contribution is -0.157. The second kappa shape index (κ2) is 12.5. The summed E-state index contributed by atoms with van der Waals surface area (Å²) < 4.78 is 6.47. The van der Waals surface area contributed by atoms with Gasteiger partial charge in [0.25, 0.3) is 0 Å². The highest BCUT2D eigenvalue weighted by molar-refractivity contribution is 7.22. The third kappa shape index (κ3) is 5.65. The quantitative estimate of drug-likeness (QED) is 0.242. The van der Waals surface area contributed by atoms with Crippen molar-refractivity contribution in [3.05, 3.63) is 95.7 Å². The summed E-state index contributed by atoms with van der Waals surface area (Å²) in [6, 6.07) is 22.2. The number of rotatable bonds is 9. The summed E-state index contributed by atoms with van der Waals surface area (Å²) in [6.07, 6.45) is 2.13. The molecule has 12 heteroatoms. The number of carbonyl (C=O) groups is 3. The Bertz CT molecular complexity index is 1910. The minimum absolute atomic E-state index is 0.0000112. The molecule has 11 nitrogen and oxygen atoms in total. The van der Waals surface area contributed by atoms with E-state index >= 15 is 0 Å². The fourth-order valence-electron chi connectivity index (χ4n) is 6.54. The van der Waals surface area contributed by atoms with Crippen molar-refractivity contribution >= 4 is 55.5 Å². The summed E-state index contributed by atoms with van der Waals surface area (Å²) in [7, 11) is 0. The number of fused-ring (bicyclic) bond motifs is 3. The van der Waals surface area contributed by atoms with Crippen LogP contribution in [0, 0.1) is 0 Å². The summed E-state index contributed by atoms with van der Waals surface area (Å²) in [5, 5.41) is 7.89. The van der Waals surface area contributed by atoms with Crippen molar-refractivity contribution in [2.75, 3.05) is 25.4 Å². The van der Waals surface area contributed by atoms with Gasteiger partial charge in [-0.15, -0.1) is 0 Å². The topological polar surface area (TPSA) is 128 Å². The molecule has 5 aromatic rings. The van der Waals surface area contributed by atoms with Gasteiger partial charge in [-0.1, -0.05) is 66.8 Å². The Morgan fingerprint density at radius 3 is 2.76 bits per heavy atom. The molecule has 2 aliphatic rings. The standard InChI is InChI=1S/C34H35N7O4S/c1-2-14-39(34(44)36-18-22-7-4-3-5-8-22)40-21-30(42)41-26(17-23-11-12-27-24(16-23)13-15-45-27)32(43)38(20-29(40)41)19-25-9-6-10-28-31(25)37-33(35)46-28/h3-13,15-16,26,29H,2,14,17-21H2,1H3,(H2,35,37)(H,36,44)/t26-,29+/m0/s1. The highest BCUT2D eigenvalue weighted by Crippen LogP contribution is 2.33. The van der Waals surface area contributed by atoms with Crippen molar-refractivity contribution in [3.63, 3.8) is 0 Å². The second-order valence-corrected chi connectivity index (χ2v) is 12.8. The lowest BCUT2D eigenvalue weighted by Gasteiger charge is -2.46. The molecule has 0 bridgehead atoms. The normalized spacial score (nSPS) is 18.5. The minimum atomic E-state index is -0.754. The van der Waals surface area contributed by atoms with Gasteiger partial charge in [0, 0.05) is 31.4 Å². The van der Waals surface area contributed by atoms with E-state index in [-0.39, 0.29) is 30.9 Å². The zero-order chi connectivity index (χ0) is 31.8. The molecule has 46 heavy (non-hydrogen) atoms. The number of amides is 4. The predicted molar refractivity (Wildman–Crippen MR) is 176 cm³/mol. The number of para-hydroxylation sites is 1. The lowest BCUT2D eigenvalue weighted by Crippen LogP contribution is -2.66. The average Bonchev–Trinajstić information content (AvgIpc) is 3.77. The number of hydrazine groups is 1. The van der Waals surface area contributed by atoms with Crippen LogP contribution in [0.1, 0.15) is 30.0 Å². The Balaban J connectivity index is 1.21. The molecule has 7 rings (SSSR count). The molecule has 2 aliphatic heterocycles. The van der Waals surface area contributed by atoms with E-state index < -0.39 is 12.2 Å². The predicted octanol–water partition coefficient (Wildman–Crippen LogP) is 4.59. The van der Waals surface area contributed by atoms with Crippen LogP contribution in [-0.2, 0) is 29.1 Å². The molecular weight excluding hydrogens is 602 g/mol. The molecular formula is C34H35N7O4S. The smallest absolute Gasteiger partial charge is 0.332 e. The molecule has 3 aromatic carbocycles. The van der Waals surface area contributed by atoms with Gasteiger partial charge in [-0.25, -0.2) is 9.78 Å². The van der Waals surface area contributed by atoms with Gasteiger partial charge in [-0.3, -0.25) is 14.6 Å². The molecule has 0 aliphatic carbocycles. The van der Waals surface area contributed by atoms with Crippen molar-refractivity contribution in [1.82, 2.24) is 30.1 Å². The van der Waals surface area contributed by atoms with Crippen LogP contribution in [0.5, 0.6) is 0 Å². The van der Waals surface area contributed by atoms with E-state index in [2.05, 4.69) is 10.3 Å². The lowest BCUT2D eigenvalue weighted by atomic mass is 9.99. The van der Waals surface area contributed by atoms with Crippen molar-refractivity contribution in [2.24, 2.45) is 0 Å². The highest BCUT2D eigenvalue weighted by atomic mass is 32.1. The number of nitrogens with two attached hydrogens (primary N) is 1. The van der Waals surface area contributed by atoms with Gasteiger partial charge in [0.15, 0.2) is 5.13 Å². The third-order valence-corrected chi connectivity index (χ3v) is 9.51. The van der Waals surface area contributed by atoms with E-state index in [9.17, 15) is 14.4 Å². The molecule has 0 spiro atoms. The summed E-state index contributed by atoms with van der Waals surface area (Å²) in [4.78, 5) is 49.8. The number of hydrogen-bond acceptors (Lipinski definition) is 8. The molecule has 2 saturated heterocycles. The molecule has 0 unspecified atom stereocenters. The highest BCUT2D eigenvalue weighted by Gasteiger charge is 2.52. The fraction of sp³-hybridized carbons (Fsp3) is 0.294. The Hall–Kier alpha value is -4.94. The summed E-state index contributed by atoms with van der Waals surface area (Å²) in [5.41, 5.74) is 10.3. The molecule has 2 aromatic heterocycles. The summed E-state index contributed by atoms with van der Waals surface area (Å²) in [5.74, 6) is -0.326. The van der Waals surface area contributed by atoms with Gasteiger partial charge >= 0.3 is 6.03 Å². The average molecular weight is 638 g/mol.